The van der Waals surface area contributed by atoms with Crippen molar-refractivity contribution in [2.75, 3.05) is 7.11 Å². The first kappa shape index (κ1) is 18.1. The van der Waals surface area contributed by atoms with Crippen LogP contribution in [0.2, 0.25) is 0 Å². The van der Waals surface area contributed by atoms with E-state index in [0.717, 1.165) is 16.3 Å². The lowest BCUT2D eigenvalue weighted by Gasteiger charge is -2.21. The molecule has 0 aromatic heterocycles. The van der Waals surface area contributed by atoms with Gasteiger partial charge in [-0.3, -0.25) is 9.59 Å². The van der Waals surface area contributed by atoms with E-state index in [2.05, 4.69) is 6.07 Å². The first-order valence-electron chi connectivity index (χ1n) is 9.67. The Morgan fingerprint density at radius 3 is 2.33 bits per heavy atom. The van der Waals surface area contributed by atoms with Crippen molar-refractivity contribution in [2.45, 2.75) is 6.42 Å². The third-order valence-corrected chi connectivity index (χ3v) is 5.66. The van der Waals surface area contributed by atoms with Crippen molar-refractivity contribution < 1.29 is 19.4 Å². The average molecular weight is 394 g/mol. The maximum Gasteiger partial charge on any atom is 0.201 e. The minimum Gasteiger partial charge on any atom is -0.507 e. The Morgan fingerprint density at radius 2 is 1.53 bits per heavy atom. The number of benzene rings is 4. The quantitative estimate of drug-likeness (QED) is 0.472. The maximum atomic E-state index is 13.2. The highest BCUT2D eigenvalue weighted by molar-refractivity contribution is 6.30. The molecule has 0 bridgehead atoms. The van der Waals surface area contributed by atoms with Crippen molar-refractivity contribution in [1.82, 2.24) is 0 Å². The number of ether oxygens (including phenoxy) is 1. The summed E-state index contributed by atoms with van der Waals surface area (Å²) < 4.78 is 5.30. The zero-order valence-corrected chi connectivity index (χ0v) is 16.3. The molecule has 0 heterocycles. The molecule has 0 aliphatic heterocycles. The number of fused-ring (bicyclic) bond motifs is 3. The first-order valence-corrected chi connectivity index (χ1v) is 9.67. The molecule has 0 saturated carbocycles. The predicted octanol–water partition coefficient (Wildman–Crippen LogP) is 4.92. The van der Waals surface area contributed by atoms with E-state index < -0.39 is 5.78 Å². The number of aromatic hydroxyl groups is 1. The van der Waals surface area contributed by atoms with E-state index in [1.54, 1.807) is 30.3 Å². The summed E-state index contributed by atoms with van der Waals surface area (Å²) in [7, 11) is 1.46. The highest BCUT2D eigenvalue weighted by atomic mass is 16.5. The third kappa shape index (κ3) is 2.69. The van der Waals surface area contributed by atoms with Crippen molar-refractivity contribution in [3.05, 3.63) is 106 Å². The number of phenols is 1. The smallest absolute Gasteiger partial charge is 0.201 e. The summed E-state index contributed by atoms with van der Waals surface area (Å²) >= 11 is 0. The lowest BCUT2D eigenvalue weighted by Crippen LogP contribution is -2.22. The fraction of sp³-hybridized carbons (Fsp3) is 0.0769. The van der Waals surface area contributed by atoms with Gasteiger partial charge in [0, 0.05) is 17.5 Å². The van der Waals surface area contributed by atoms with Gasteiger partial charge in [-0.2, -0.15) is 0 Å². The molecule has 1 N–H and O–H groups in total. The Labute approximate surface area is 173 Å². The van der Waals surface area contributed by atoms with Crippen LogP contribution in [-0.4, -0.2) is 23.8 Å². The molecule has 4 nitrogen and oxygen atoms in total. The van der Waals surface area contributed by atoms with Gasteiger partial charge in [0.05, 0.1) is 18.2 Å². The molecule has 0 atom stereocenters. The molecule has 30 heavy (non-hydrogen) atoms. The van der Waals surface area contributed by atoms with E-state index in [0.29, 0.717) is 23.3 Å². The summed E-state index contributed by atoms with van der Waals surface area (Å²) in [6.07, 6.45) is 0.449. The number of hydrogen-bond donors (Lipinski definition) is 1. The van der Waals surface area contributed by atoms with Gasteiger partial charge in [0.15, 0.2) is 5.78 Å². The monoisotopic (exact) mass is 394 g/mol. The summed E-state index contributed by atoms with van der Waals surface area (Å²) in [5, 5.41) is 13.2. The van der Waals surface area contributed by atoms with Gasteiger partial charge in [-0.05, 0) is 34.0 Å². The van der Waals surface area contributed by atoms with E-state index in [-0.39, 0.29) is 28.2 Å². The van der Waals surface area contributed by atoms with Crippen molar-refractivity contribution in [3.8, 4) is 11.5 Å². The van der Waals surface area contributed by atoms with E-state index in [1.165, 1.54) is 7.11 Å². The highest BCUT2D eigenvalue weighted by Gasteiger charge is 2.35. The number of rotatable bonds is 3. The van der Waals surface area contributed by atoms with Gasteiger partial charge >= 0.3 is 0 Å². The molecular formula is C26H18O4. The Bertz CT molecular complexity index is 1350. The van der Waals surface area contributed by atoms with Crippen molar-refractivity contribution >= 4 is 22.3 Å². The molecule has 1 aliphatic carbocycles. The average Bonchev–Trinajstić information content (AvgIpc) is 2.78. The standard InChI is InChI=1S/C26H18O4/c1-30-21-8-4-7-19-22(21)26(29)23-20(25(19)28)12-11-18(24(23)27)14-15-9-10-16-5-2-3-6-17(16)13-15/h2-13,27H,14H2,1H3. The predicted molar refractivity (Wildman–Crippen MR) is 115 cm³/mol. The Hall–Kier alpha value is -3.92. The minimum absolute atomic E-state index is 0.0512. The number of ketones is 2. The molecule has 0 radical (unpaired) electrons. The summed E-state index contributed by atoms with van der Waals surface area (Å²) in [5.74, 6) is -0.493. The van der Waals surface area contributed by atoms with Gasteiger partial charge in [-0.15, -0.1) is 0 Å². The molecule has 4 aromatic rings. The molecule has 0 saturated heterocycles. The number of hydrogen-bond acceptors (Lipinski definition) is 4. The van der Waals surface area contributed by atoms with Gasteiger partial charge in [0.25, 0.3) is 0 Å². The summed E-state index contributed by atoms with van der Waals surface area (Å²) in [5.41, 5.74) is 2.39. The third-order valence-electron chi connectivity index (χ3n) is 5.66. The molecule has 4 heteroatoms. The second kappa shape index (κ2) is 6.85. The number of phenolic OH excluding ortho intramolecular Hbond substituents is 1. The van der Waals surface area contributed by atoms with Gasteiger partial charge < -0.3 is 9.84 Å². The Morgan fingerprint density at radius 1 is 0.767 bits per heavy atom. The zero-order chi connectivity index (χ0) is 20.8. The van der Waals surface area contributed by atoms with Crippen LogP contribution in [0, 0.1) is 0 Å². The van der Waals surface area contributed by atoms with Gasteiger partial charge in [0.1, 0.15) is 11.5 Å². The van der Waals surface area contributed by atoms with Crippen LogP contribution >= 0.6 is 0 Å². The van der Waals surface area contributed by atoms with E-state index in [1.807, 2.05) is 36.4 Å². The Balaban J connectivity index is 1.60. The molecule has 1 aliphatic rings. The van der Waals surface area contributed by atoms with Crippen LogP contribution < -0.4 is 4.74 Å². The van der Waals surface area contributed by atoms with Crippen LogP contribution in [0.1, 0.15) is 43.0 Å². The van der Waals surface area contributed by atoms with Crippen molar-refractivity contribution in [2.24, 2.45) is 0 Å². The largest absolute Gasteiger partial charge is 0.507 e. The topological polar surface area (TPSA) is 63.6 Å². The fourth-order valence-electron chi connectivity index (χ4n) is 4.16. The molecule has 0 fully saturated rings. The Kier molecular flexibility index (Phi) is 4.14. The van der Waals surface area contributed by atoms with Crippen LogP contribution in [0.3, 0.4) is 0 Å². The van der Waals surface area contributed by atoms with E-state index in [9.17, 15) is 14.7 Å². The SMILES string of the molecule is COc1cccc2c1C(=O)c1c(ccc(Cc3ccc4ccccc4c3)c1O)C2=O. The first-order chi connectivity index (χ1) is 14.6. The van der Waals surface area contributed by atoms with Crippen LogP contribution in [0.25, 0.3) is 10.8 Å². The summed E-state index contributed by atoms with van der Waals surface area (Å²) in [6.45, 7) is 0. The summed E-state index contributed by atoms with van der Waals surface area (Å²) in [4.78, 5) is 26.2. The van der Waals surface area contributed by atoms with Crippen molar-refractivity contribution in [3.63, 3.8) is 0 Å². The molecule has 146 valence electrons. The second-order valence-corrected chi connectivity index (χ2v) is 7.40. The molecule has 0 spiro atoms. The lowest BCUT2D eigenvalue weighted by atomic mass is 9.81. The highest BCUT2D eigenvalue weighted by Crippen LogP contribution is 2.38. The lowest BCUT2D eigenvalue weighted by molar-refractivity contribution is 0.0974. The van der Waals surface area contributed by atoms with Crippen LogP contribution in [0.5, 0.6) is 11.5 Å². The van der Waals surface area contributed by atoms with Gasteiger partial charge in [-0.1, -0.05) is 60.7 Å². The molecular weight excluding hydrogens is 376 g/mol. The molecule has 0 amide bonds. The van der Waals surface area contributed by atoms with Crippen LogP contribution in [0.15, 0.2) is 72.8 Å². The number of carbonyl (C=O) groups is 2. The number of methoxy groups -OCH3 is 1. The van der Waals surface area contributed by atoms with Crippen LogP contribution in [0.4, 0.5) is 0 Å². The molecule has 5 rings (SSSR count). The maximum absolute atomic E-state index is 13.2. The van der Waals surface area contributed by atoms with Gasteiger partial charge in [0.2, 0.25) is 5.78 Å². The van der Waals surface area contributed by atoms with Crippen LogP contribution in [-0.2, 0) is 6.42 Å². The zero-order valence-electron chi connectivity index (χ0n) is 16.3. The van der Waals surface area contributed by atoms with E-state index >= 15 is 0 Å². The minimum atomic E-state index is -0.394. The summed E-state index contributed by atoms with van der Waals surface area (Å²) in [6, 6.07) is 22.5. The molecule has 4 aromatic carbocycles. The number of carbonyl (C=O) groups excluding carboxylic acids is 2. The van der Waals surface area contributed by atoms with E-state index in [4.69, 9.17) is 4.74 Å². The van der Waals surface area contributed by atoms with Gasteiger partial charge in [-0.25, -0.2) is 0 Å². The van der Waals surface area contributed by atoms with Crippen molar-refractivity contribution in [1.29, 1.82) is 0 Å². The normalized spacial score (nSPS) is 12.6. The second-order valence-electron chi connectivity index (χ2n) is 7.40. The molecule has 0 unspecified atom stereocenters. The fourth-order valence-corrected chi connectivity index (χ4v) is 4.16.